The van der Waals surface area contributed by atoms with Crippen molar-refractivity contribution in [1.29, 1.82) is 0 Å². The molecule has 1 aromatic heterocycles. The fourth-order valence-corrected chi connectivity index (χ4v) is 1.48. The van der Waals surface area contributed by atoms with Gasteiger partial charge in [-0.15, -0.1) is 0 Å². The van der Waals surface area contributed by atoms with Crippen molar-refractivity contribution in [1.82, 2.24) is 5.32 Å². The number of carbonyl (C=O) groups is 1. The number of amides is 1. The van der Waals surface area contributed by atoms with Gasteiger partial charge in [-0.3, -0.25) is 4.79 Å². The first kappa shape index (κ1) is 14.7. The average molecular weight is 255 g/mol. The minimum Gasteiger partial charge on any atom is -0.469 e. The molecule has 0 spiro atoms. The van der Waals surface area contributed by atoms with E-state index in [1.54, 1.807) is 26.4 Å². The summed E-state index contributed by atoms with van der Waals surface area (Å²) in [4.78, 5) is 11.6. The molecule has 1 atom stereocenters. The van der Waals surface area contributed by atoms with Crippen LogP contribution in [0, 0.1) is 0 Å². The van der Waals surface area contributed by atoms with Gasteiger partial charge in [-0.2, -0.15) is 0 Å². The first-order valence-corrected chi connectivity index (χ1v) is 6.04. The highest BCUT2D eigenvalue weighted by Gasteiger charge is 2.20. The summed E-state index contributed by atoms with van der Waals surface area (Å²) < 4.78 is 10.0. The van der Waals surface area contributed by atoms with Crippen LogP contribution in [0.1, 0.15) is 25.5 Å². The molecule has 1 aromatic rings. The van der Waals surface area contributed by atoms with Crippen LogP contribution in [-0.4, -0.2) is 36.9 Å². The van der Waals surface area contributed by atoms with Gasteiger partial charge in [0.2, 0.25) is 5.91 Å². The van der Waals surface area contributed by atoms with E-state index in [-0.39, 0.29) is 12.5 Å². The molecular formula is C13H21NO4. The molecule has 0 bridgehead atoms. The summed E-state index contributed by atoms with van der Waals surface area (Å²) in [6.07, 6.45) is 3.00. The van der Waals surface area contributed by atoms with Gasteiger partial charge in [0.15, 0.2) is 0 Å². The van der Waals surface area contributed by atoms with Crippen LogP contribution in [0.3, 0.4) is 0 Å². The largest absolute Gasteiger partial charge is 0.469 e. The SMILES string of the molecule is COCCC(C)(O)CNC(=O)CCc1ccco1. The number of hydrogen-bond donors (Lipinski definition) is 2. The first-order chi connectivity index (χ1) is 8.53. The van der Waals surface area contributed by atoms with Crippen molar-refractivity contribution in [3.05, 3.63) is 24.2 Å². The lowest BCUT2D eigenvalue weighted by atomic mass is 10.0. The molecule has 0 aliphatic carbocycles. The highest BCUT2D eigenvalue weighted by atomic mass is 16.5. The third-order valence-corrected chi connectivity index (χ3v) is 2.69. The van der Waals surface area contributed by atoms with Gasteiger partial charge in [0, 0.05) is 39.5 Å². The molecule has 102 valence electrons. The van der Waals surface area contributed by atoms with E-state index in [4.69, 9.17) is 9.15 Å². The van der Waals surface area contributed by atoms with Crippen LogP contribution in [0.25, 0.3) is 0 Å². The van der Waals surface area contributed by atoms with Crippen molar-refractivity contribution >= 4 is 5.91 Å². The number of furan rings is 1. The maximum Gasteiger partial charge on any atom is 0.220 e. The monoisotopic (exact) mass is 255 g/mol. The summed E-state index contributed by atoms with van der Waals surface area (Å²) in [6, 6.07) is 3.63. The third-order valence-electron chi connectivity index (χ3n) is 2.69. The van der Waals surface area contributed by atoms with Crippen LogP contribution in [0.4, 0.5) is 0 Å². The molecule has 0 saturated heterocycles. The van der Waals surface area contributed by atoms with Crippen molar-refractivity contribution in [2.75, 3.05) is 20.3 Å². The second-order valence-corrected chi connectivity index (χ2v) is 4.60. The summed E-state index contributed by atoms with van der Waals surface area (Å²) in [6.45, 7) is 2.38. The molecule has 2 N–H and O–H groups in total. The maximum absolute atomic E-state index is 11.6. The molecule has 1 unspecified atom stereocenters. The van der Waals surface area contributed by atoms with E-state index in [1.165, 1.54) is 0 Å². The molecule has 0 aromatic carbocycles. The lowest BCUT2D eigenvalue weighted by molar-refractivity contribution is -0.122. The number of carbonyl (C=O) groups excluding carboxylic acids is 1. The summed E-state index contributed by atoms with van der Waals surface area (Å²) in [5.74, 6) is 0.695. The summed E-state index contributed by atoms with van der Waals surface area (Å²) in [5, 5.41) is 12.6. The van der Waals surface area contributed by atoms with Crippen molar-refractivity contribution in [3.63, 3.8) is 0 Å². The number of hydrogen-bond acceptors (Lipinski definition) is 4. The quantitative estimate of drug-likeness (QED) is 0.730. The molecule has 1 heterocycles. The molecule has 1 amide bonds. The number of aliphatic hydroxyl groups is 1. The molecule has 5 nitrogen and oxygen atoms in total. The summed E-state index contributed by atoms with van der Waals surface area (Å²) in [7, 11) is 1.58. The van der Waals surface area contributed by atoms with Crippen LogP contribution < -0.4 is 5.32 Å². The highest BCUT2D eigenvalue weighted by molar-refractivity contribution is 5.76. The van der Waals surface area contributed by atoms with E-state index in [9.17, 15) is 9.90 Å². The van der Waals surface area contributed by atoms with Crippen molar-refractivity contribution in [2.45, 2.75) is 31.8 Å². The molecule has 1 rings (SSSR count). The van der Waals surface area contributed by atoms with Gasteiger partial charge in [0.25, 0.3) is 0 Å². The Morgan fingerprint density at radius 3 is 3.00 bits per heavy atom. The second kappa shape index (κ2) is 7.18. The Balaban J connectivity index is 2.20. The molecule has 0 saturated carbocycles. The Bertz CT molecular complexity index is 346. The highest BCUT2D eigenvalue weighted by Crippen LogP contribution is 2.08. The topological polar surface area (TPSA) is 71.7 Å². The van der Waals surface area contributed by atoms with Gasteiger partial charge in [-0.25, -0.2) is 0 Å². The van der Waals surface area contributed by atoms with E-state index in [1.807, 2.05) is 6.07 Å². The standard InChI is InChI=1S/C13H21NO4/c1-13(16,7-9-17-2)10-14-12(15)6-5-11-4-3-8-18-11/h3-4,8,16H,5-7,9-10H2,1-2H3,(H,14,15). The van der Waals surface area contributed by atoms with E-state index in [2.05, 4.69) is 5.32 Å². The van der Waals surface area contributed by atoms with Crippen LogP contribution in [0.2, 0.25) is 0 Å². The van der Waals surface area contributed by atoms with Gasteiger partial charge in [-0.1, -0.05) is 0 Å². The van der Waals surface area contributed by atoms with E-state index < -0.39 is 5.60 Å². The van der Waals surface area contributed by atoms with Crippen molar-refractivity contribution < 1.29 is 19.1 Å². The van der Waals surface area contributed by atoms with Crippen LogP contribution in [-0.2, 0) is 16.0 Å². The third kappa shape index (κ3) is 5.84. The fraction of sp³-hybridized carbons (Fsp3) is 0.615. The van der Waals surface area contributed by atoms with E-state index >= 15 is 0 Å². The Morgan fingerprint density at radius 1 is 1.61 bits per heavy atom. The van der Waals surface area contributed by atoms with Gasteiger partial charge < -0.3 is 19.6 Å². The van der Waals surface area contributed by atoms with E-state index in [0.717, 1.165) is 5.76 Å². The number of rotatable bonds is 8. The van der Waals surface area contributed by atoms with Gasteiger partial charge >= 0.3 is 0 Å². The maximum atomic E-state index is 11.6. The zero-order chi connectivity index (χ0) is 13.4. The number of ether oxygens (including phenoxy) is 1. The molecule has 0 radical (unpaired) electrons. The normalized spacial score (nSPS) is 14.2. The van der Waals surface area contributed by atoms with Crippen molar-refractivity contribution in [3.8, 4) is 0 Å². The smallest absolute Gasteiger partial charge is 0.220 e. The molecule has 5 heteroatoms. The first-order valence-electron chi connectivity index (χ1n) is 6.04. The lowest BCUT2D eigenvalue weighted by Gasteiger charge is -2.23. The number of methoxy groups -OCH3 is 1. The lowest BCUT2D eigenvalue weighted by Crippen LogP contribution is -2.41. The molecule has 18 heavy (non-hydrogen) atoms. The van der Waals surface area contributed by atoms with E-state index in [0.29, 0.717) is 25.9 Å². The van der Waals surface area contributed by atoms with Gasteiger partial charge in [-0.05, 0) is 19.1 Å². The average Bonchev–Trinajstić information content (AvgIpc) is 2.84. The molecule has 0 aliphatic heterocycles. The van der Waals surface area contributed by atoms with Crippen LogP contribution in [0.15, 0.2) is 22.8 Å². The Kier molecular flexibility index (Phi) is 5.88. The zero-order valence-corrected chi connectivity index (χ0v) is 10.9. The van der Waals surface area contributed by atoms with Crippen molar-refractivity contribution in [2.24, 2.45) is 0 Å². The Hall–Kier alpha value is -1.33. The fourth-order valence-electron chi connectivity index (χ4n) is 1.48. The number of nitrogens with one attached hydrogen (secondary N) is 1. The van der Waals surface area contributed by atoms with Gasteiger partial charge in [0.1, 0.15) is 5.76 Å². The predicted molar refractivity (Wildman–Crippen MR) is 67.2 cm³/mol. The minimum absolute atomic E-state index is 0.0934. The van der Waals surface area contributed by atoms with Crippen LogP contribution >= 0.6 is 0 Å². The van der Waals surface area contributed by atoms with Gasteiger partial charge in [0.05, 0.1) is 11.9 Å². The minimum atomic E-state index is -0.934. The van der Waals surface area contributed by atoms with Crippen LogP contribution in [0.5, 0.6) is 0 Å². The molecule has 0 fully saturated rings. The number of aryl methyl sites for hydroxylation is 1. The summed E-state index contributed by atoms with van der Waals surface area (Å²) in [5.41, 5.74) is -0.934. The molecular weight excluding hydrogens is 234 g/mol. The Labute approximate surface area is 107 Å². The predicted octanol–water partition coefficient (Wildman–Crippen LogP) is 1.12. The molecule has 0 aliphatic rings. The summed E-state index contributed by atoms with van der Waals surface area (Å²) >= 11 is 0. The Morgan fingerprint density at radius 2 is 2.39 bits per heavy atom. The zero-order valence-electron chi connectivity index (χ0n) is 10.9. The second-order valence-electron chi connectivity index (χ2n) is 4.60.